The van der Waals surface area contributed by atoms with Crippen molar-refractivity contribution in [2.45, 2.75) is 20.4 Å². The minimum absolute atomic E-state index is 0.271. The van der Waals surface area contributed by atoms with Crippen molar-refractivity contribution < 1.29 is 9.47 Å². The van der Waals surface area contributed by atoms with Gasteiger partial charge in [0.2, 0.25) is 6.79 Å². The normalized spacial score (nSPS) is 13.1. The van der Waals surface area contributed by atoms with Crippen molar-refractivity contribution in [2.75, 3.05) is 25.6 Å². The number of imidazole rings is 1. The van der Waals surface area contributed by atoms with Crippen LogP contribution in [0.5, 0.6) is 11.5 Å². The van der Waals surface area contributed by atoms with E-state index in [1.54, 1.807) is 0 Å². The number of nitrogens with two attached hydrogens (primary N) is 1. The van der Waals surface area contributed by atoms with Gasteiger partial charge in [-0.05, 0) is 43.4 Å². The second kappa shape index (κ2) is 6.29. The molecule has 0 spiro atoms. The maximum atomic E-state index is 6.01. The molecule has 4 rings (SSSR count). The molecule has 0 fully saturated rings. The summed E-state index contributed by atoms with van der Waals surface area (Å²) in [6.45, 7) is 7.37. The molecule has 0 radical (unpaired) electrons. The molecule has 25 heavy (non-hydrogen) atoms. The topological polar surface area (TPSA) is 65.0 Å². The van der Waals surface area contributed by atoms with E-state index in [0.29, 0.717) is 0 Å². The average molecular weight is 338 g/mol. The number of pyridine rings is 1. The zero-order valence-electron chi connectivity index (χ0n) is 14.5. The second-order valence-corrected chi connectivity index (χ2v) is 6.13. The van der Waals surface area contributed by atoms with Crippen LogP contribution < -0.4 is 15.2 Å². The van der Waals surface area contributed by atoms with Crippen LogP contribution in [0.2, 0.25) is 0 Å². The lowest BCUT2D eigenvalue weighted by atomic mass is 10.1. The number of rotatable bonds is 5. The fourth-order valence-electron chi connectivity index (χ4n) is 3.19. The molecule has 0 saturated carbocycles. The Morgan fingerprint density at radius 2 is 1.92 bits per heavy atom. The Labute approximate surface area is 146 Å². The summed E-state index contributed by atoms with van der Waals surface area (Å²) < 4.78 is 13.0. The highest BCUT2D eigenvalue weighted by molar-refractivity contribution is 5.70. The Morgan fingerprint density at radius 3 is 2.72 bits per heavy atom. The third kappa shape index (κ3) is 2.78. The first-order valence-corrected chi connectivity index (χ1v) is 8.58. The molecule has 6 nitrogen and oxygen atoms in total. The van der Waals surface area contributed by atoms with Crippen LogP contribution in [0.3, 0.4) is 0 Å². The summed E-state index contributed by atoms with van der Waals surface area (Å²) >= 11 is 0. The predicted molar refractivity (Wildman–Crippen MR) is 97.8 cm³/mol. The summed E-state index contributed by atoms with van der Waals surface area (Å²) in [5.41, 5.74) is 10.7. The number of nitrogen functional groups attached to an aromatic ring is 1. The molecular weight excluding hydrogens is 316 g/mol. The quantitative estimate of drug-likeness (QED) is 0.774. The van der Waals surface area contributed by atoms with Crippen LogP contribution in [0.25, 0.3) is 16.9 Å². The maximum absolute atomic E-state index is 6.01. The molecule has 3 heterocycles. The van der Waals surface area contributed by atoms with Gasteiger partial charge in [-0.15, -0.1) is 0 Å². The summed E-state index contributed by atoms with van der Waals surface area (Å²) in [5, 5.41) is 0. The number of fused-ring (bicyclic) bond motifs is 2. The third-order valence-corrected chi connectivity index (χ3v) is 4.65. The fourth-order valence-corrected chi connectivity index (χ4v) is 3.19. The molecule has 1 aliphatic heterocycles. The molecule has 3 aromatic rings. The van der Waals surface area contributed by atoms with Gasteiger partial charge >= 0.3 is 0 Å². The third-order valence-electron chi connectivity index (χ3n) is 4.65. The van der Waals surface area contributed by atoms with E-state index >= 15 is 0 Å². The number of benzene rings is 1. The van der Waals surface area contributed by atoms with Crippen LogP contribution in [0, 0.1) is 0 Å². The van der Waals surface area contributed by atoms with Crippen LogP contribution in [0.15, 0.2) is 36.5 Å². The van der Waals surface area contributed by atoms with Gasteiger partial charge in [-0.3, -0.25) is 4.90 Å². The number of nitrogens with zero attached hydrogens (tertiary/aromatic N) is 3. The minimum Gasteiger partial charge on any atom is -0.454 e. The summed E-state index contributed by atoms with van der Waals surface area (Å²) in [4.78, 5) is 7.22. The van der Waals surface area contributed by atoms with Crippen molar-refractivity contribution in [1.82, 2.24) is 14.3 Å². The first-order chi connectivity index (χ1) is 12.2. The van der Waals surface area contributed by atoms with Crippen molar-refractivity contribution in [3.8, 4) is 22.8 Å². The zero-order valence-corrected chi connectivity index (χ0v) is 14.5. The standard InChI is InChI=1S/C19H22N4O2/c1-3-22(4-2)11-15-19(21-18-8-6-14(20)10-23(15)18)13-5-7-16-17(9-13)25-12-24-16/h5-10H,3-4,11-12,20H2,1-2H3. The number of hydrogen-bond acceptors (Lipinski definition) is 5. The number of ether oxygens (including phenoxy) is 2. The molecule has 6 heteroatoms. The Balaban J connectivity index is 1.87. The molecular formula is C19H22N4O2. The highest BCUT2D eigenvalue weighted by atomic mass is 16.7. The van der Waals surface area contributed by atoms with Crippen molar-refractivity contribution >= 4 is 11.3 Å². The molecule has 0 aliphatic carbocycles. The van der Waals surface area contributed by atoms with Crippen LogP contribution >= 0.6 is 0 Å². The molecule has 0 saturated heterocycles. The van der Waals surface area contributed by atoms with Crippen molar-refractivity contribution in [2.24, 2.45) is 0 Å². The SMILES string of the molecule is CCN(CC)Cc1c(-c2ccc3c(c2)OCO3)nc2ccc(N)cn12. The van der Waals surface area contributed by atoms with E-state index in [-0.39, 0.29) is 6.79 Å². The van der Waals surface area contributed by atoms with E-state index in [2.05, 4.69) is 23.1 Å². The first-order valence-electron chi connectivity index (χ1n) is 8.58. The van der Waals surface area contributed by atoms with E-state index in [4.69, 9.17) is 20.2 Å². The molecule has 130 valence electrons. The maximum Gasteiger partial charge on any atom is 0.231 e. The van der Waals surface area contributed by atoms with Gasteiger partial charge in [0.15, 0.2) is 11.5 Å². The molecule has 0 bridgehead atoms. The fraction of sp³-hybridized carbons (Fsp3) is 0.316. The highest BCUT2D eigenvalue weighted by Crippen LogP contribution is 2.37. The van der Waals surface area contributed by atoms with Gasteiger partial charge in [-0.1, -0.05) is 13.8 Å². The summed E-state index contributed by atoms with van der Waals surface area (Å²) in [7, 11) is 0. The molecule has 0 unspecified atom stereocenters. The molecule has 0 atom stereocenters. The van der Waals surface area contributed by atoms with E-state index in [9.17, 15) is 0 Å². The van der Waals surface area contributed by atoms with E-state index in [1.165, 1.54) is 0 Å². The smallest absolute Gasteiger partial charge is 0.231 e. The molecule has 1 aliphatic rings. The van der Waals surface area contributed by atoms with Crippen LogP contribution in [-0.4, -0.2) is 34.2 Å². The van der Waals surface area contributed by atoms with Gasteiger partial charge in [0.25, 0.3) is 0 Å². The van der Waals surface area contributed by atoms with Crippen molar-refractivity contribution in [3.05, 3.63) is 42.2 Å². The van der Waals surface area contributed by atoms with Crippen LogP contribution in [-0.2, 0) is 6.54 Å². The lowest BCUT2D eigenvalue weighted by molar-refractivity contribution is 0.174. The minimum atomic E-state index is 0.271. The number of aromatic nitrogens is 2. The predicted octanol–water partition coefficient (Wildman–Crippen LogP) is 3.15. The van der Waals surface area contributed by atoms with Gasteiger partial charge in [0.05, 0.1) is 11.4 Å². The van der Waals surface area contributed by atoms with Gasteiger partial charge in [0, 0.05) is 24.0 Å². The van der Waals surface area contributed by atoms with E-state index in [0.717, 1.165) is 59.4 Å². The second-order valence-electron chi connectivity index (χ2n) is 6.13. The molecule has 0 amide bonds. The van der Waals surface area contributed by atoms with Crippen molar-refractivity contribution in [3.63, 3.8) is 0 Å². The average Bonchev–Trinajstić information content (AvgIpc) is 3.23. The van der Waals surface area contributed by atoms with Crippen molar-refractivity contribution in [1.29, 1.82) is 0 Å². The Kier molecular flexibility index (Phi) is 3.97. The molecule has 2 aromatic heterocycles. The first kappa shape index (κ1) is 15.8. The van der Waals surface area contributed by atoms with Gasteiger partial charge < -0.3 is 19.6 Å². The van der Waals surface area contributed by atoms with Crippen LogP contribution in [0.1, 0.15) is 19.5 Å². The van der Waals surface area contributed by atoms with Gasteiger partial charge in [0.1, 0.15) is 5.65 Å². The Hall–Kier alpha value is -2.73. The van der Waals surface area contributed by atoms with E-state index < -0.39 is 0 Å². The Bertz CT molecular complexity index is 915. The monoisotopic (exact) mass is 338 g/mol. The summed E-state index contributed by atoms with van der Waals surface area (Å²) in [6.07, 6.45) is 1.94. The van der Waals surface area contributed by atoms with E-state index in [1.807, 2.05) is 36.5 Å². The van der Waals surface area contributed by atoms with Gasteiger partial charge in [-0.25, -0.2) is 4.98 Å². The Morgan fingerprint density at radius 1 is 1.12 bits per heavy atom. The summed E-state index contributed by atoms with van der Waals surface area (Å²) in [6, 6.07) is 9.81. The van der Waals surface area contributed by atoms with Crippen LogP contribution in [0.4, 0.5) is 5.69 Å². The lowest BCUT2D eigenvalue weighted by Gasteiger charge is -2.18. The molecule has 1 aromatic carbocycles. The van der Waals surface area contributed by atoms with Gasteiger partial charge in [-0.2, -0.15) is 0 Å². The lowest BCUT2D eigenvalue weighted by Crippen LogP contribution is -2.23. The largest absolute Gasteiger partial charge is 0.454 e. The number of hydrogen-bond donors (Lipinski definition) is 1. The zero-order chi connectivity index (χ0) is 17.4. The number of anilines is 1. The molecule has 2 N–H and O–H groups in total. The highest BCUT2D eigenvalue weighted by Gasteiger charge is 2.20. The summed E-state index contributed by atoms with van der Waals surface area (Å²) in [5.74, 6) is 1.55.